The molecule has 0 aromatic rings. The van der Waals surface area contributed by atoms with Crippen molar-refractivity contribution < 1.29 is 4.79 Å². The Labute approximate surface area is 110 Å². The third-order valence-corrected chi connectivity index (χ3v) is 3.36. The van der Waals surface area contributed by atoms with Crippen molar-refractivity contribution >= 4 is 5.78 Å². The first kappa shape index (κ1) is 14.9. The summed E-state index contributed by atoms with van der Waals surface area (Å²) in [7, 11) is 0. The number of nitrogens with zero attached hydrogens (tertiary/aromatic N) is 3. The number of piperazine rings is 1. The number of carbonyl (C=O) groups excluding carboxylic acids is 1. The van der Waals surface area contributed by atoms with Crippen molar-refractivity contribution in [3.8, 4) is 6.07 Å². The van der Waals surface area contributed by atoms with Crippen LogP contribution >= 0.6 is 0 Å². The minimum atomic E-state index is 0.0508. The van der Waals surface area contributed by atoms with Crippen LogP contribution in [0.4, 0.5) is 0 Å². The summed E-state index contributed by atoms with van der Waals surface area (Å²) >= 11 is 0. The molecule has 0 saturated carbocycles. The standard InChI is InChI=1S/C14H23N3O/c1-5-13(18)11-16-8-9-17(14(2,3)4)12(10-16)6-7-15/h5,12H,1,6,8-11H2,2-4H3/t12-/m1/s1. The molecule has 0 bridgehead atoms. The molecule has 1 saturated heterocycles. The smallest absolute Gasteiger partial charge is 0.169 e. The van der Waals surface area contributed by atoms with Crippen LogP contribution in [0, 0.1) is 11.3 Å². The van der Waals surface area contributed by atoms with E-state index in [0.29, 0.717) is 13.0 Å². The van der Waals surface area contributed by atoms with Crippen molar-refractivity contribution in [1.29, 1.82) is 5.26 Å². The second kappa shape index (κ2) is 6.12. The largest absolute Gasteiger partial charge is 0.293 e. The summed E-state index contributed by atoms with van der Waals surface area (Å²) in [6.07, 6.45) is 1.88. The molecule has 0 spiro atoms. The molecule has 1 heterocycles. The molecule has 1 atom stereocenters. The lowest BCUT2D eigenvalue weighted by atomic mass is 9.98. The molecule has 0 radical (unpaired) electrons. The van der Waals surface area contributed by atoms with E-state index in [1.165, 1.54) is 6.08 Å². The molecule has 1 aliphatic rings. The normalized spacial score (nSPS) is 22.4. The fourth-order valence-electron chi connectivity index (χ4n) is 2.51. The van der Waals surface area contributed by atoms with Gasteiger partial charge < -0.3 is 0 Å². The van der Waals surface area contributed by atoms with E-state index >= 15 is 0 Å². The summed E-state index contributed by atoms with van der Waals surface area (Å²) in [5.41, 5.74) is 0.0655. The van der Waals surface area contributed by atoms with Gasteiger partial charge in [0, 0.05) is 31.2 Å². The Morgan fingerprint density at radius 3 is 2.67 bits per heavy atom. The summed E-state index contributed by atoms with van der Waals surface area (Å²) in [5, 5.41) is 8.94. The van der Waals surface area contributed by atoms with E-state index in [9.17, 15) is 4.79 Å². The van der Waals surface area contributed by atoms with Crippen molar-refractivity contribution in [2.45, 2.75) is 38.8 Å². The fourth-order valence-corrected chi connectivity index (χ4v) is 2.51. The molecule has 100 valence electrons. The van der Waals surface area contributed by atoms with E-state index in [-0.39, 0.29) is 17.4 Å². The highest BCUT2D eigenvalue weighted by Crippen LogP contribution is 2.22. The zero-order valence-electron chi connectivity index (χ0n) is 11.6. The van der Waals surface area contributed by atoms with Crippen LogP contribution < -0.4 is 0 Å². The second-order valence-electron chi connectivity index (χ2n) is 5.79. The molecular weight excluding hydrogens is 226 g/mol. The van der Waals surface area contributed by atoms with Crippen molar-refractivity contribution in [2.75, 3.05) is 26.2 Å². The van der Waals surface area contributed by atoms with E-state index in [2.05, 4.69) is 43.2 Å². The Morgan fingerprint density at radius 2 is 2.17 bits per heavy atom. The predicted octanol–water partition coefficient (Wildman–Crippen LogP) is 1.44. The van der Waals surface area contributed by atoms with Crippen LogP contribution in [0.5, 0.6) is 0 Å². The maximum absolute atomic E-state index is 11.4. The molecule has 1 rings (SSSR count). The number of carbonyl (C=O) groups is 1. The number of rotatable bonds is 4. The SMILES string of the molecule is C=CC(=O)CN1CCN(C(C)(C)C)[C@H](CC#N)C1. The van der Waals surface area contributed by atoms with Crippen LogP contribution in [0.15, 0.2) is 12.7 Å². The van der Waals surface area contributed by atoms with Gasteiger partial charge >= 0.3 is 0 Å². The van der Waals surface area contributed by atoms with E-state index in [4.69, 9.17) is 5.26 Å². The molecule has 0 aliphatic carbocycles. The number of hydrogen-bond acceptors (Lipinski definition) is 4. The highest BCUT2D eigenvalue weighted by atomic mass is 16.1. The molecule has 0 aromatic carbocycles. The maximum atomic E-state index is 11.4. The summed E-state index contributed by atoms with van der Waals surface area (Å²) in [5.74, 6) is 0.0508. The topological polar surface area (TPSA) is 47.3 Å². The van der Waals surface area contributed by atoms with Crippen LogP contribution in [0.25, 0.3) is 0 Å². The monoisotopic (exact) mass is 249 g/mol. The molecule has 0 aromatic heterocycles. The van der Waals surface area contributed by atoms with Gasteiger partial charge in [-0.15, -0.1) is 0 Å². The Balaban J connectivity index is 2.68. The van der Waals surface area contributed by atoms with Gasteiger partial charge in [0.25, 0.3) is 0 Å². The number of hydrogen-bond donors (Lipinski definition) is 0. The Bertz CT molecular complexity index is 351. The zero-order chi connectivity index (χ0) is 13.8. The van der Waals surface area contributed by atoms with Crippen molar-refractivity contribution in [3.05, 3.63) is 12.7 Å². The summed E-state index contributed by atoms with van der Waals surface area (Å²) in [6, 6.07) is 2.46. The first-order valence-corrected chi connectivity index (χ1v) is 6.39. The quantitative estimate of drug-likeness (QED) is 0.707. The summed E-state index contributed by atoms with van der Waals surface area (Å²) in [4.78, 5) is 15.9. The van der Waals surface area contributed by atoms with E-state index in [1.54, 1.807) is 0 Å². The fraction of sp³-hybridized carbons (Fsp3) is 0.714. The highest BCUT2D eigenvalue weighted by molar-refractivity contribution is 5.90. The Kier molecular flexibility index (Phi) is 5.06. The minimum absolute atomic E-state index is 0.0508. The Morgan fingerprint density at radius 1 is 1.50 bits per heavy atom. The van der Waals surface area contributed by atoms with Crippen LogP contribution in [-0.4, -0.2) is 53.3 Å². The van der Waals surface area contributed by atoms with Crippen LogP contribution in [0.1, 0.15) is 27.2 Å². The number of ketones is 1. The van der Waals surface area contributed by atoms with E-state index in [0.717, 1.165) is 19.6 Å². The average molecular weight is 249 g/mol. The summed E-state index contributed by atoms with van der Waals surface area (Å²) < 4.78 is 0. The third kappa shape index (κ3) is 3.94. The summed E-state index contributed by atoms with van der Waals surface area (Å²) in [6.45, 7) is 13.0. The van der Waals surface area contributed by atoms with Gasteiger partial charge in [0.1, 0.15) is 0 Å². The van der Waals surface area contributed by atoms with Gasteiger partial charge in [0.05, 0.1) is 19.0 Å². The lowest BCUT2D eigenvalue weighted by molar-refractivity contribution is -0.116. The molecule has 1 fully saturated rings. The second-order valence-corrected chi connectivity index (χ2v) is 5.79. The number of nitriles is 1. The molecule has 4 heteroatoms. The molecule has 0 N–H and O–H groups in total. The molecule has 18 heavy (non-hydrogen) atoms. The van der Waals surface area contributed by atoms with Crippen molar-refractivity contribution in [3.63, 3.8) is 0 Å². The van der Waals surface area contributed by atoms with Gasteiger partial charge in [-0.05, 0) is 26.8 Å². The van der Waals surface area contributed by atoms with Gasteiger partial charge in [-0.25, -0.2) is 0 Å². The average Bonchev–Trinajstić information content (AvgIpc) is 2.28. The predicted molar refractivity (Wildman–Crippen MR) is 72.1 cm³/mol. The third-order valence-electron chi connectivity index (χ3n) is 3.36. The molecular formula is C14H23N3O. The maximum Gasteiger partial charge on any atom is 0.169 e. The van der Waals surface area contributed by atoms with Gasteiger partial charge in [0.2, 0.25) is 0 Å². The van der Waals surface area contributed by atoms with Gasteiger partial charge in [-0.1, -0.05) is 6.58 Å². The van der Waals surface area contributed by atoms with Crippen molar-refractivity contribution in [1.82, 2.24) is 9.80 Å². The molecule has 4 nitrogen and oxygen atoms in total. The Hall–Kier alpha value is -1.18. The lowest BCUT2D eigenvalue weighted by Crippen LogP contribution is -2.59. The van der Waals surface area contributed by atoms with Crippen molar-refractivity contribution in [2.24, 2.45) is 0 Å². The van der Waals surface area contributed by atoms with Crippen LogP contribution in [0.3, 0.4) is 0 Å². The molecule has 1 aliphatic heterocycles. The highest BCUT2D eigenvalue weighted by Gasteiger charge is 2.33. The molecule has 0 amide bonds. The van der Waals surface area contributed by atoms with Gasteiger partial charge in [-0.2, -0.15) is 5.26 Å². The molecule has 0 unspecified atom stereocenters. The first-order valence-electron chi connectivity index (χ1n) is 6.39. The van der Waals surface area contributed by atoms with E-state index in [1.807, 2.05) is 0 Å². The zero-order valence-corrected chi connectivity index (χ0v) is 11.6. The van der Waals surface area contributed by atoms with Gasteiger partial charge in [0.15, 0.2) is 5.78 Å². The van der Waals surface area contributed by atoms with Gasteiger partial charge in [-0.3, -0.25) is 14.6 Å². The van der Waals surface area contributed by atoms with E-state index < -0.39 is 0 Å². The minimum Gasteiger partial charge on any atom is -0.293 e. The first-order chi connectivity index (χ1) is 8.38. The lowest BCUT2D eigenvalue weighted by Gasteiger charge is -2.47. The van der Waals surface area contributed by atoms with Crippen LogP contribution in [0.2, 0.25) is 0 Å². The van der Waals surface area contributed by atoms with Crippen LogP contribution in [-0.2, 0) is 4.79 Å².